The van der Waals surface area contributed by atoms with Crippen molar-refractivity contribution in [2.24, 2.45) is 0 Å². The van der Waals surface area contributed by atoms with E-state index in [1.54, 1.807) is 24.3 Å². The van der Waals surface area contributed by atoms with Crippen LogP contribution in [-0.4, -0.2) is 51.8 Å². The van der Waals surface area contributed by atoms with Crippen molar-refractivity contribution in [1.82, 2.24) is 10.4 Å². The zero-order valence-electron chi connectivity index (χ0n) is 19.7. The minimum atomic E-state index is -2.19. The molecule has 2 amide bonds. The summed E-state index contributed by atoms with van der Waals surface area (Å²) < 4.78 is 15.7. The van der Waals surface area contributed by atoms with Crippen molar-refractivity contribution in [3.63, 3.8) is 0 Å². The van der Waals surface area contributed by atoms with Crippen molar-refractivity contribution in [2.45, 2.75) is 50.8 Å². The van der Waals surface area contributed by atoms with Gasteiger partial charge in [-0.3, -0.25) is 24.5 Å². The highest BCUT2D eigenvalue weighted by Gasteiger charge is 2.61. The smallest absolute Gasteiger partial charge is 0.408 e. The molecule has 3 unspecified atom stereocenters. The van der Waals surface area contributed by atoms with E-state index in [0.29, 0.717) is 10.6 Å². The summed E-state index contributed by atoms with van der Waals surface area (Å²) in [7, 11) is 0. The predicted molar refractivity (Wildman–Crippen MR) is 122 cm³/mol. The van der Waals surface area contributed by atoms with Crippen molar-refractivity contribution in [2.75, 3.05) is 0 Å². The maximum absolute atomic E-state index is 13.2. The first kappa shape index (κ1) is 25.6. The summed E-state index contributed by atoms with van der Waals surface area (Å²) in [5.74, 6) is -2.63. The molecule has 2 aromatic rings. The number of nitrogens with one attached hydrogen (secondary N) is 1. The summed E-state index contributed by atoms with van der Waals surface area (Å²) >= 11 is 0. The van der Waals surface area contributed by atoms with Crippen LogP contribution < -0.4 is 5.32 Å². The van der Waals surface area contributed by atoms with Gasteiger partial charge in [-0.05, 0) is 30.2 Å². The summed E-state index contributed by atoms with van der Waals surface area (Å²) in [6.45, 7) is 1.16. The monoisotopic (exact) mass is 513 g/mol. The fourth-order valence-corrected chi connectivity index (χ4v) is 3.85. The van der Waals surface area contributed by atoms with E-state index in [4.69, 9.17) is 19.0 Å². The number of hydrogen-bond donors (Lipinski definition) is 1. The van der Waals surface area contributed by atoms with Gasteiger partial charge < -0.3 is 19.5 Å². The van der Waals surface area contributed by atoms with Crippen molar-refractivity contribution in [3.8, 4) is 0 Å². The van der Waals surface area contributed by atoms with Crippen LogP contribution in [0, 0.1) is 10.1 Å². The normalized spacial score (nSPS) is 22.9. The lowest BCUT2D eigenvalue weighted by molar-refractivity contribution is -0.384. The Balaban J connectivity index is 1.42. The molecule has 0 bridgehead atoms. The first-order valence-electron chi connectivity index (χ1n) is 11.3. The van der Waals surface area contributed by atoms with E-state index in [0.717, 1.165) is 5.56 Å². The molecular weight excluding hydrogens is 490 g/mol. The second kappa shape index (κ2) is 10.6. The summed E-state index contributed by atoms with van der Waals surface area (Å²) in [5.41, 5.74) is -1.15. The highest BCUT2D eigenvalue weighted by molar-refractivity contribution is 5.94. The zero-order chi connectivity index (χ0) is 26.6. The summed E-state index contributed by atoms with van der Waals surface area (Å²) in [6.07, 6.45) is -2.20. The number of rotatable bonds is 8. The maximum atomic E-state index is 13.2. The third-order valence-corrected chi connectivity index (χ3v) is 5.81. The average Bonchev–Trinajstić information content (AvgIpc) is 3.42. The average molecular weight is 513 g/mol. The fourth-order valence-electron chi connectivity index (χ4n) is 3.85. The molecule has 37 heavy (non-hydrogen) atoms. The van der Waals surface area contributed by atoms with E-state index in [9.17, 15) is 29.3 Å². The molecule has 2 aliphatic heterocycles. The molecule has 1 N–H and O–H groups in total. The fraction of sp³-hybridized carbons (Fsp3) is 0.333. The van der Waals surface area contributed by atoms with Gasteiger partial charge in [0.1, 0.15) is 25.4 Å². The Morgan fingerprint density at radius 2 is 1.73 bits per heavy atom. The Hall–Kier alpha value is -4.52. The summed E-state index contributed by atoms with van der Waals surface area (Å²) in [4.78, 5) is 66.4. The molecule has 2 aromatic carbocycles. The molecule has 13 nitrogen and oxygen atoms in total. The first-order chi connectivity index (χ1) is 17.7. The number of nitro benzene ring substituents is 1. The molecule has 0 spiro atoms. The Morgan fingerprint density at radius 1 is 1.08 bits per heavy atom. The van der Waals surface area contributed by atoms with Crippen LogP contribution in [0.5, 0.6) is 0 Å². The van der Waals surface area contributed by atoms with Crippen molar-refractivity contribution in [1.29, 1.82) is 0 Å². The molecule has 0 saturated carbocycles. The first-order valence-corrected chi connectivity index (χ1v) is 11.3. The highest BCUT2D eigenvalue weighted by Crippen LogP contribution is 2.36. The second-order valence-corrected chi connectivity index (χ2v) is 8.39. The quantitative estimate of drug-likeness (QED) is 0.239. The number of esters is 2. The Bertz CT molecular complexity index is 1200. The number of hydroxylamine groups is 2. The van der Waals surface area contributed by atoms with Crippen LogP contribution in [0.25, 0.3) is 0 Å². The number of carbonyl (C=O) groups is 4. The number of alkyl carbamates (subject to hydrolysis) is 1. The van der Waals surface area contributed by atoms with Gasteiger partial charge in [-0.15, -0.1) is 0 Å². The van der Waals surface area contributed by atoms with Crippen LogP contribution in [0.2, 0.25) is 0 Å². The SMILES string of the molecule is CC1ON(C2(C(=O)OCc3ccc([N+](=O)[O-])cc3)CCC(=O)O2)C(=O)C1NC(=O)OCc1ccccc1. The highest BCUT2D eigenvalue weighted by atomic mass is 16.8. The molecule has 2 heterocycles. The van der Waals surface area contributed by atoms with Crippen LogP contribution >= 0.6 is 0 Å². The van der Waals surface area contributed by atoms with Gasteiger partial charge in [0.2, 0.25) is 0 Å². The van der Waals surface area contributed by atoms with Gasteiger partial charge in [-0.25, -0.2) is 9.59 Å². The molecule has 4 rings (SSSR count). The number of nitro groups is 1. The minimum Gasteiger partial charge on any atom is -0.456 e. The predicted octanol–water partition coefficient (Wildman–Crippen LogP) is 2.13. The van der Waals surface area contributed by atoms with Gasteiger partial charge in [-0.1, -0.05) is 30.3 Å². The molecule has 2 fully saturated rings. The number of carbonyl (C=O) groups excluding carboxylic acids is 4. The Labute approximate surface area is 210 Å². The number of benzene rings is 2. The summed E-state index contributed by atoms with van der Waals surface area (Å²) in [5, 5.41) is 13.9. The molecule has 2 saturated heterocycles. The third-order valence-electron chi connectivity index (χ3n) is 5.81. The van der Waals surface area contributed by atoms with Gasteiger partial charge in [0, 0.05) is 18.6 Å². The van der Waals surface area contributed by atoms with Crippen molar-refractivity contribution < 1.29 is 43.1 Å². The molecule has 194 valence electrons. The maximum Gasteiger partial charge on any atom is 0.408 e. The van der Waals surface area contributed by atoms with Gasteiger partial charge in [0.15, 0.2) is 0 Å². The van der Waals surface area contributed by atoms with Crippen LogP contribution in [0.3, 0.4) is 0 Å². The zero-order valence-corrected chi connectivity index (χ0v) is 19.7. The molecule has 2 aliphatic rings. The molecule has 13 heteroatoms. The molecule has 0 radical (unpaired) electrons. The van der Waals surface area contributed by atoms with Gasteiger partial charge in [0.25, 0.3) is 11.6 Å². The standard InChI is InChI=1S/C24H23N3O10/c1-15-20(25-23(31)35-14-16-5-3-2-4-6-16)21(29)26(37-15)24(12-11-19(28)36-24)22(30)34-13-17-7-9-18(10-8-17)27(32)33/h2-10,15,20H,11-14H2,1H3,(H,25,31). The number of cyclic esters (lactones) is 1. The van der Waals surface area contributed by atoms with E-state index in [2.05, 4.69) is 5.32 Å². The summed E-state index contributed by atoms with van der Waals surface area (Å²) in [6, 6.07) is 13.0. The molecule has 0 aliphatic carbocycles. The molecule has 0 aromatic heterocycles. The van der Waals surface area contributed by atoms with Gasteiger partial charge in [-0.2, -0.15) is 5.06 Å². The number of ether oxygens (including phenoxy) is 3. The number of hydrogen-bond acceptors (Lipinski definition) is 10. The van der Waals surface area contributed by atoms with Gasteiger partial charge >= 0.3 is 23.8 Å². The van der Waals surface area contributed by atoms with Gasteiger partial charge in [0.05, 0.1) is 11.3 Å². The topological polar surface area (TPSA) is 164 Å². The van der Waals surface area contributed by atoms with E-state index in [1.807, 2.05) is 6.07 Å². The van der Waals surface area contributed by atoms with Crippen molar-refractivity contribution >= 4 is 29.6 Å². The van der Waals surface area contributed by atoms with E-state index >= 15 is 0 Å². The molecule has 3 atom stereocenters. The Kier molecular flexibility index (Phi) is 7.34. The lowest BCUT2D eigenvalue weighted by Crippen LogP contribution is -2.57. The number of non-ortho nitro benzene ring substituents is 1. The lowest BCUT2D eigenvalue weighted by Gasteiger charge is -2.32. The Morgan fingerprint density at radius 3 is 2.35 bits per heavy atom. The van der Waals surface area contributed by atoms with E-state index < -0.39 is 46.7 Å². The van der Waals surface area contributed by atoms with Crippen LogP contribution in [0.1, 0.15) is 30.9 Å². The van der Waals surface area contributed by atoms with Crippen molar-refractivity contribution in [3.05, 3.63) is 75.8 Å². The molecular formula is C24H23N3O10. The van der Waals surface area contributed by atoms with E-state index in [1.165, 1.54) is 31.2 Å². The minimum absolute atomic E-state index is 0.0247. The number of nitrogens with zero attached hydrogens (tertiary/aromatic N) is 2. The van der Waals surface area contributed by atoms with Crippen LogP contribution in [0.4, 0.5) is 10.5 Å². The van der Waals surface area contributed by atoms with Crippen LogP contribution in [0.15, 0.2) is 54.6 Å². The largest absolute Gasteiger partial charge is 0.456 e. The van der Waals surface area contributed by atoms with Crippen LogP contribution in [-0.2, 0) is 46.6 Å². The van der Waals surface area contributed by atoms with E-state index in [-0.39, 0.29) is 31.7 Å². The third kappa shape index (κ3) is 5.51. The second-order valence-electron chi connectivity index (χ2n) is 8.39. The lowest BCUT2D eigenvalue weighted by atomic mass is 10.1. The number of amides is 2.